The van der Waals surface area contributed by atoms with Gasteiger partial charge in [-0.1, -0.05) is 23.8 Å². The fourth-order valence-corrected chi connectivity index (χ4v) is 4.07. The van der Waals surface area contributed by atoms with E-state index in [4.69, 9.17) is 4.74 Å². The van der Waals surface area contributed by atoms with Crippen LogP contribution in [-0.2, 0) is 20.9 Å². The van der Waals surface area contributed by atoms with Crippen LogP contribution in [0.3, 0.4) is 0 Å². The van der Waals surface area contributed by atoms with Crippen LogP contribution in [0.1, 0.15) is 21.6 Å². The van der Waals surface area contributed by atoms with Gasteiger partial charge in [-0.2, -0.15) is 0 Å². The summed E-state index contributed by atoms with van der Waals surface area (Å²) in [6.07, 6.45) is 0. The van der Waals surface area contributed by atoms with Crippen molar-refractivity contribution in [2.24, 2.45) is 0 Å². The summed E-state index contributed by atoms with van der Waals surface area (Å²) >= 11 is 1.63. The standard InChI is InChI=1S/C22H31N3O3S/c1-16-11-17(2)22(18(3)12-16)23-20(26)14-24(4)15-21(27)25(8-9-28-5)13-19-7-6-10-29-19/h6-7,10-12H,8-9,13-15H2,1-5H3,(H,23,26)/p+1. The first kappa shape index (κ1) is 23.1. The molecule has 0 aliphatic carbocycles. The van der Waals surface area contributed by atoms with Gasteiger partial charge in [0.1, 0.15) is 0 Å². The third-order valence-corrected chi connectivity index (χ3v) is 5.56. The molecule has 1 aromatic heterocycles. The van der Waals surface area contributed by atoms with Gasteiger partial charge in [-0.25, -0.2) is 0 Å². The molecule has 29 heavy (non-hydrogen) atoms. The van der Waals surface area contributed by atoms with E-state index in [-0.39, 0.29) is 24.9 Å². The minimum absolute atomic E-state index is 0.0171. The van der Waals surface area contributed by atoms with Crippen LogP contribution < -0.4 is 10.2 Å². The fraction of sp³-hybridized carbons (Fsp3) is 0.455. The number of likely N-dealkylation sites (N-methyl/N-ethyl adjacent to an activating group) is 1. The minimum atomic E-state index is -0.0907. The quantitative estimate of drug-likeness (QED) is 0.619. The van der Waals surface area contributed by atoms with E-state index in [0.717, 1.165) is 26.6 Å². The molecule has 2 aromatic rings. The summed E-state index contributed by atoms with van der Waals surface area (Å²) in [5, 5.41) is 5.01. The first-order chi connectivity index (χ1) is 13.8. The van der Waals surface area contributed by atoms with Gasteiger partial charge in [0.2, 0.25) is 0 Å². The highest BCUT2D eigenvalue weighted by Gasteiger charge is 2.21. The topological polar surface area (TPSA) is 63.1 Å². The van der Waals surface area contributed by atoms with Crippen molar-refractivity contribution in [1.82, 2.24) is 4.90 Å². The molecule has 0 saturated carbocycles. The largest absolute Gasteiger partial charge is 0.383 e. The number of hydrogen-bond donors (Lipinski definition) is 2. The third kappa shape index (κ3) is 7.27. The summed E-state index contributed by atoms with van der Waals surface area (Å²) in [6, 6.07) is 8.12. The number of ether oxygens (including phenoxy) is 1. The Bertz CT molecular complexity index is 798. The van der Waals surface area contributed by atoms with E-state index in [1.54, 1.807) is 23.3 Å². The fourth-order valence-electron chi connectivity index (χ4n) is 3.35. The van der Waals surface area contributed by atoms with E-state index >= 15 is 0 Å². The van der Waals surface area contributed by atoms with Crippen LogP contribution in [0.4, 0.5) is 5.69 Å². The number of amides is 2. The zero-order valence-corrected chi connectivity index (χ0v) is 18.8. The predicted molar refractivity (Wildman–Crippen MR) is 118 cm³/mol. The van der Waals surface area contributed by atoms with Gasteiger partial charge in [-0.15, -0.1) is 11.3 Å². The van der Waals surface area contributed by atoms with Crippen molar-refractivity contribution < 1.29 is 19.2 Å². The van der Waals surface area contributed by atoms with Crippen molar-refractivity contribution >= 4 is 28.8 Å². The van der Waals surface area contributed by atoms with Crippen molar-refractivity contribution in [1.29, 1.82) is 0 Å². The highest BCUT2D eigenvalue weighted by Crippen LogP contribution is 2.21. The second kappa shape index (κ2) is 11.1. The molecule has 6 nitrogen and oxygen atoms in total. The maximum absolute atomic E-state index is 12.8. The van der Waals surface area contributed by atoms with Gasteiger partial charge in [0.25, 0.3) is 11.8 Å². The number of carbonyl (C=O) groups is 2. The molecule has 158 valence electrons. The van der Waals surface area contributed by atoms with Crippen LogP contribution in [0.5, 0.6) is 0 Å². The Morgan fingerprint density at radius 1 is 1.17 bits per heavy atom. The summed E-state index contributed by atoms with van der Waals surface area (Å²) in [4.78, 5) is 29.1. The van der Waals surface area contributed by atoms with Crippen LogP contribution in [0.25, 0.3) is 0 Å². The summed E-state index contributed by atoms with van der Waals surface area (Å²) < 4.78 is 5.15. The first-order valence-electron chi connectivity index (χ1n) is 9.78. The molecule has 0 radical (unpaired) electrons. The molecule has 1 aromatic carbocycles. The Hall–Kier alpha value is -2.22. The van der Waals surface area contributed by atoms with Crippen molar-refractivity contribution in [3.05, 3.63) is 51.2 Å². The number of thiophene rings is 1. The molecular formula is C22H32N3O3S+. The lowest BCUT2D eigenvalue weighted by Crippen LogP contribution is -3.11. The van der Waals surface area contributed by atoms with E-state index in [2.05, 4.69) is 17.4 Å². The molecule has 1 atom stereocenters. The lowest BCUT2D eigenvalue weighted by molar-refractivity contribution is -0.862. The van der Waals surface area contributed by atoms with Crippen LogP contribution in [-0.4, -0.2) is 57.1 Å². The Labute approximate surface area is 177 Å². The molecule has 0 aliphatic rings. The highest BCUT2D eigenvalue weighted by atomic mass is 32.1. The zero-order valence-electron chi connectivity index (χ0n) is 18.0. The maximum atomic E-state index is 12.8. The van der Waals surface area contributed by atoms with E-state index in [9.17, 15) is 9.59 Å². The van der Waals surface area contributed by atoms with Crippen LogP contribution in [0.2, 0.25) is 0 Å². The van der Waals surface area contributed by atoms with E-state index in [1.807, 2.05) is 45.3 Å². The summed E-state index contributed by atoms with van der Waals surface area (Å²) in [5.74, 6) is -0.0736. The van der Waals surface area contributed by atoms with Gasteiger partial charge in [0.05, 0.1) is 20.2 Å². The lowest BCUT2D eigenvalue weighted by Gasteiger charge is -2.23. The zero-order chi connectivity index (χ0) is 21.4. The molecule has 0 bridgehead atoms. The van der Waals surface area contributed by atoms with Crippen molar-refractivity contribution in [2.75, 3.05) is 45.7 Å². The third-order valence-electron chi connectivity index (χ3n) is 4.70. The summed E-state index contributed by atoms with van der Waals surface area (Å²) in [6.45, 7) is 8.12. The molecule has 0 aliphatic heterocycles. The SMILES string of the molecule is COCCN(Cc1cccs1)C(=O)C[NH+](C)CC(=O)Nc1c(C)cc(C)cc1C. The van der Waals surface area contributed by atoms with Crippen LogP contribution in [0, 0.1) is 20.8 Å². The van der Waals surface area contributed by atoms with Gasteiger partial charge in [0.15, 0.2) is 13.1 Å². The molecule has 7 heteroatoms. The number of nitrogens with one attached hydrogen (secondary N) is 2. The van der Waals surface area contributed by atoms with Crippen molar-refractivity contribution in [3.8, 4) is 0 Å². The Kier molecular flexibility index (Phi) is 8.82. The van der Waals surface area contributed by atoms with Crippen LogP contribution in [0.15, 0.2) is 29.6 Å². The molecule has 2 N–H and O–H groups in total. The highest BCUT2D eigenvalue weighted by molar-refractivity contribution is 7.09. The second-order valence-electron chi connectivity index (χ2n) is 7.52. The molecule has 0 spiro atoms. The average molecular weight is 419 g/mol. The number of quaternary nitrogens is 1. The summed E-state index contributed by atoms with van der Waals surface area (Å²) in [5.41, 5.74) is 4.13. The number of hydrogen-bond acceptors (Lipinski definition) is 4. The lowest BCUT2D eigenvalue weighted by atomic mass is 10.1. The second-order valence-corrected chi connectivity index (χ2v) is 8.55. The first-order valence-corrected chi connectivity index (χ1v) is 10.7. The molecule has 2 amide bonds. The number of methoxy groups -OCH3 is 1. The molecule has 0 fully saturated rings. The number of nitrogens with zero attached hydrogens (tertiary/aromatic N) is 1. The number of anilines is 1. The molecular weight excluding hydrogens is 386 g/mol. The van der Waals surface area contributed by atoms with Gasteiger partial charge in [-0.3, -0.25) is 9.59 Å². The van der Waals surface area contributed by atoms with Crippen LogP contribution >= 0.6 is 11.3 Å². The van der Waals surface area contributed by atoms with E-state index < -0.39 is 0 Å². The monoisotopic (exact) mass is 418 g/mol. The van der Waals surface area contributed by atoms with E-state index in [0.29, 0.717) is 19.7 Å². The Morgan fingerprint density at radius 2 is 1.86 bits per heavy atom. The number of carbonyl (C=O) groups excluding carboxylic acids is 2. The van der Waals surface area contributed by atoms with Gasteiger partial charge >= 0.3 is 0 Å². The number of aryl methyl sites for hydroxylation is 3. The van der Waals surface area contributed by atoms with Gasteiger partial charge in [-0.05, 0) is 43.3 Å². The molecule has 0 saturated heterocycles. The molecule has 1 heterocycles. The smallest absolute Gasteiger partial charge is 0.279 e. The van der Waals surface area contributed by atoms with Crippen molar-refractivity contribution in [2.45, 2.75) is 27.3 Å². The van der Waals surface area contributed by atoms with Crippen molar-refractivity contribution in [3.63, 3.8) is 0 Å². The normalized spacial score (nSPS) is 11.9. The number of rotatable bonds is 10. The minimum Gasteiger partial charge on any atom is -0.383 e. The summed E-state index contributed by atoms with van der Waals surface area (Å²) in [7, 11) is 3.50. The molecule has 1 unspecified atom stereocenters. The molecule has 2 rings (SSSR count). The number of benzene rings is 1. The Morgan fingerprint density at radius 3 is 2.45 bits per heavy atom. The average Bonchev–Trinajstić information content (AvgIpc) is 3.14. The van der Waals surface area contributed by atoms with Gasteiger partial charge in [0, 0.05) is 24.2 Å². The Balaban J connectivity index is 1.92. The maximum Gasteiger partial charge on any atom is 0.279 e. The predicted octanol–water partition coefficient (Wildman–Crippen LogP) is 1.80. The van der Waals surface area contributed by atoms with E-state index in [1.165, 1.54) is 5.56 Å². The van der Waals surface area contributed by atoms with Gasteiger partial charge < -0.3 is 19.9 Å².